The average molecular weight is 252 g/mol. The number of hydrogen-bond acceptors (Lipinski definition) is 3. The normalized spacial score (nSPS) is 10.5. The summed E-state index contributed by atoms with van der Waals surface area (Å²) in [6.07, 6.45) is 0.739. The van der Waals surface area contributed by atoms with Gasteiger partial charge in [0.05, 0.1) is 0 Å². The molecular weight excluding hydrogens is 241 g/mol. The molecule has 0 saturated carbocycles. The minimum atomic E-state index is -0.420. The van der Waals surface area contributed by atoms with E-state index >= 15 is 0 Å². The molecule has 0 aliphatic rings. The highest BCUT2D eigenvalue weighted by molar-refractivity contribution is 6.30. The predicted molar refractivity (Wildman–Crippen MR) is 66.2 cm³/mol. The Morgan fingerprint density at radius 2 is 2.00 bits per heavy atom. The molecule has 0 aliphatic carbocycles. The molecule has 0 saturated heterocycles. The van der Waals surface area contributed by atoms with Gasteiger partial charge in [-0.2, -0.15) is 0 Å². The summed E-state index contributed by atoms with van der Waals surface area (Å²) in [4.78, 5) is 8.36. The molecule has 2 N–H and O–H groups in total. The van der Waals surface area contributed by atoms with E-state index in [0.29, 0.717) is 22.2 Å². The fourth-order valence-corrected chi connectivity index (χ4v) is 1.73. The maximum absolute atomic E-state index is 13.2. The van der Waals surface area contributed by atoms with E-state index in [0.717, 1.165) is 12.1 Å². The van der Waals surface area contributed by atoms with Crippen LogP contribution in [0.3, 0.4) is 0 Å². The van der Waals surface area contributed by atoms with Crippen LogP contribution in [0, 0.1) is 5.82 Å². The zero-order chi connectivity index (χ0) is 12.4. The van der Waals surface area contributed by atoms with Crippen molar-refractivity contribution in [2.24, 2.45) is 0 Å². The molecule has 0 aliphatic heterocycles. The monoisotopic (exact) mass is 251 g/mol. The molecule has 3 nitrogen and oxygen atoms in total. The Morgan fingerprint density at radius 3 is 2.65 bits per heavy atom. The molecule has 0 atom stereocenters. The Kier molecular flexibility index (Phi) is 3.24. The van der Waals surface area contributed by atoms with E-state index in [9.17, 15) is 4.39 Å². The number of rotatable bonds is 2. The van der Waals surface area contributed by atoms with Crippen molar-refractivity contribution in [3.05, 3.63) is 40.8 Å². The Labute approximate surface area is 103 Å². The predicted octanol–water partition coefficient (Wildman–Crippen LogP) is 3.08. The SMILES string of the molecule is CCc1cc(N)nc(-c2cc(F)cc(Cl)c2)n1. The molecule has 0 bridgehead atoms. The van der Waals surface area contributed by atoms with E-state index in [1.165, 1.54) is 12.1 Å². The summed E-state index contributed by atoms with van der Waals surface area (Å²) in [6, 6.07) is 5.88. The lowest BCUT2D eigenvalue weighted by Crippen LogP contribution is -1.99. The molecule has 5 heteroatoms. The van der Waals surface area contributed by atoms with E-state index in [1.807, 2.05) is 6.92 Å². The summed E-state index contributed by atoms with van der Waals surface area (Å²) in [5.41, 5.74) is 7.01. The Hall–Kier alpha value is -1.68. The molecule has 1 aromatic heterocycles. The smallest absolute Gasteiger partial charge is 0.161 e. The molecule has 0 radical (unpaired) electrons. The van der Waals surface area contributed by atoms with Crippen molar-refractivity contribution in [1.29, 1.82) is 0 Å². The molecule has 0 unspecified atom stereocenters. The first-order chi connectivity index (χ1) is 8.08. The van der Waals surface area contributed by atoms with Crippen LogP contribution in [0.4, 0.5) is 10.2 Å². The van der Waals surface area contributed by atoms with Crippen LogP contribution in [0.5, 0.6) is 0 Å². The van der Waals surface area contributed by atoms with Gasteiger partial charge in [0, 0.05) is 22.3 Å². The highest BCUT2D eigenvalue weighted by Crippen LogP contribution is 2.22. The van der Waals surface area contributed by atoms with E-state index in [1.54, 1.807) is 12.1 Å². The molecule has 88 valence electrons. The second-order valence-electron chi connectivity index (χ2n) is 3.62. The van der Waals surface area contributed by atoms with Gasteiger partial charge in [-0.3, -0.25) is 0 Å². The number of aryl methyl sites for hydroxylation is 1. The van der Waals surface area contributed by atoms with Crippen LogP contribution in [-0.4, -0.2) is 9.97 Å². The van der Waals surface area contributed by atoms with Crippen LogP contribution in [0.2, 0.25) is 5.02 Å². The van der Waals surface area contributed by atoms with Crippen molar-refractivity contribution in [3.8, 4) is 11.4 Å². The van der Waals surface area contributed by atoms with Gasteiger partial charge in [0.15, 0.2) is 5.82 Å². The number of hydrogen-bond donors (Lipinski definition) is 1. The lowest BCUT2D eigenvalue weighted by molar-refractivity contribution is 0.628. The van der Waals surface area contributed by atoms with Crippen LogP contribution < -0.4 is 5.73 Å². The third-order valence-corrected chi connectivity index (χ3v) is 2.50. The number of nitrogen functional groups attached to an aromatic ring is 1. The van der Waals surface area contributed by atoms with Crippen LogP contribution in [0.25, 0.3) is 11.4 Å². The first-order valence-corrected chi connectivity index (χ1v) is 5.56. The maximum Gasteiger partial charge on any atom is 0.161 e. The number of aromatic nitrogens is 2. The Balaban J connectivity index is 2.55. The van der Waals surface area contributed by atoms with Crippen molar-refractivity contribution in [1.82, 2.24) is 9.97 Å². The van der Waals surface area contributed by atoms with Crippen molar-refractivity contribution >= 4 is 17.4 Å². The van der Waals surface area contributed by atoms with Crippen molar-refractivity contribution in [2.45, 2.75) is 13.3 Å². The summed E-state index contributed by atoms with van der Waals surface area (Å²) < 4.78 is 13.2. The molecule has 0 fully saturated rings. The topological polar surface area (TPSA) is 51.8 Å². The van der Waals surface area contributed by atoms with Crippen LogP contribution in [0.1, 0.15) is 12.6 Å². The van der Waals surface area contributed by atoms with E-state index < -0.39 is 5.82 Å². The van der Waals surface area contributed by atoms with Gasteiger partial charge in [-0.1, -0.05) is 18.5 Å². The minimum Gasteiger partial charge on any atom is -0.384 e. The quantitative estimate of drug-likeness (QED) is 0.892. The van der Waals surface area contributed by atoms with Gasteiger partial charge in [-0.05, 0) is 24.6 Å². The molecular formula is C12H11ClFN3. The second kappa shape index (κ2) is 4.67. The van der Waals surface area contributed by atoms with Gasteiger partial charge in [0.1, 0.15) is 11.6 Å². The summed E-state index contributed by atoms with van der Waals surface area (Å²) in [7, 11) is 0. The van der Waals surface area contributed by atoms with Crippen LogP contribution >= 0.6 is 11.6 Å². The zero-order valence-electron chi connectivity index (χ0n) is 9.24. The standard InChI is InChI=1S/C12H11ClFN3/c1-2-10-6-11(15)17-12(16-10)7-3-8(13)5-9(14)4-7/h3-6H,2H2,1H3,(H2,15,16,17). The van der Waals surface area contributed by atoms with Gasteiger partial charge >= 0.3 is 0 Å². The van der Waals surface area contributed by atoms with Gasteiger partial charge in [-0.15, -0.1) is 0 Å². The van der Waals surface area contributed by atoms with Gasteiger partial charge in [0.2, 0.25) is 0 Å². The number of anilines is 1. The van der Waals surface area contributed by atoms with Crippen molar-refractivity contribution in [3.63, 3.8) is 0 Å². The summed E-state index contributed by atoms with van der Waals surface area (Å²) in [6.45, 7) is 1.96. The first-order valence-electron chi connectivity index (χ1n) is 5.18. The maximum atomic E-state index is 13.2. The largest absolute Gasteiger partial charge is 0.384 e. The number of nitrogens with two attached hydrogens (primary N) is 1. The van der Waals surface area contributed by atoms with E-state index in [2.05, 4.69) is 9.97 Å². The lowest BCUT2D eigenvalue weighted by atomic mass is 10.2. The molecule has 0 amide bonds. The van der Waals surface area contributed by atoms with Gasteiger partial charge in [-0.25, -0.2) is 14.4 Å². The van der Waals surface area contributed by atoms with E-state index in [-0.39, 0.29) is 0 Å². The highest BCUT2D eigenvalue weighted by Gasteiger charge is 2.07. The molecule has 2 aromatic rings. The van der Waals surface area contributed by atoms with Gasteiger partial charge in [0.25, 0.3) is 0 Å². The first kappa shape index (κ1) is 11.8. The average Bonchev–Trinajstić information content (AvgIpc) is 2.26. The van der Waals surface area contributed by atoms with Crippen LogP contribution in [0.15, 0.2) is 24.3 Å². The summed E-state index contributed by atoms with van der Waals surface area (Å²) >= 11 is 5.79. The number of nitrogens with zero attached hydrogens (tertiary/aromatic N) is 2. The zero-order valence-corrected chi connectivity index (χ0v) is 10.0. The Morgan fingerprint density at radius 1 is 1.24 bits per heavy atom. The minimum absolute atomic E-state index is 0.309. The number of halogens is 2. The van der Waals surface area contributed by atoms with Crippen molar-refractivity contribution < 1.29 is 4.39 Å². The molecule has 17 heavy (non-hydrogen) atoms. The molecule has 1 aromatic carbocycles. The van der Waals surface area contributed by atoms with Gasteiger partial charge < -0.3 is 5.73 Å². The van der Waals surface area contributed by atoms with Crippen molar-refractivity contribution in [2.75, 3.05) is 5.73 Å². The summed E-state index contributed by atoms with van der Waals surface area (Å²) in [5.74, 6) is 0.340. The summed E-state index contributed by atoms with van der Waals surface area (Å²) in [5, 5.41) is 0.309. The third-order valence-electron chi connectivity index (χ3n) is 2.28. The molecule has 2 rings (SSSR count). The lowest BCUT2D eigenvalue weighted by Gasteiger charge is -2.05. The third kappa shape index (κ3) is 2.71. The fourth-order valence-electron chi connectivity index (χ4n) is 1.51. The fraction of sp³-hybridized carbons (Fsp3) is 0.167. The molecule has 0 spiro atoms. The number of benzene rings is 1. The second-order valence-corrected chi connectivity index (χ2v) is 4.06. The molecule has 1 heterocycles. The van der Waals surface area contributed by atoms with E-state index in [4.69, 9.17) is 17.3 Å². The highest BCUT2D eigenvalue weighted by atomic mass is 35.5. The Bertz CT molecular complexity index is 537. The van der Waals surface area contributed by atoms with Crippen LogP contribution in [-0.2, 0) is 6.42 Å².